The number of aromatic nitrogens is 4. The van der Waals surface area contributed by atoms with E-state index in [2.05, 4.69) is 31.0 Å². The smallest absolute Gasteiger partial charge is 0.0938 e. The fourth-order valence-corrected chi connectivity index (χ4v) is 1.87. The normalized spacial score (nSPS) is 9.90. The molecule has 4 nitrogen and oxygen atoms in total. The molecule has 0 N–H and O–H groups in total. The zero-order valence-electron chi connectivity index (χ0n) is 12.3. The number of hydrogen-bond acceptors (Lipinski definition) is 3. The van der Waals surface area contributed by atoms with Crippen LogP contribution in [0.2, 0.25) is 0 Å². The summed E-state index contributed by atoms with van der Waals surface area (Å²) in [5.41, 5.74) is 4.11. The molecule has 0 aliphatic rings. The van der Waals surface area contributed by atoms with Crippen molar-refractivity contribution in [2.24, 2.45) is 7.05 Å². The number of aryl methyl sites for hydroxylation is 3. The quantitative estimate of drug-likeness (QED) is 0.671. The third kappa shape index (κ3) is 4.79. The summed E-state index contributed by atoms with van der Waals surface area (Å²) in [6.45, 7) is 3.94. The Kier molecular flexibility index (Phi) is 5.22. The number of pyridine rings is 2. The number of halogens is 1. The van der Waals surface area contributed by atoms with E-state index in [9.17, 15) is 0 Å². The van der Waals surface area contributed by atoms with Gasteiger partial charge in [-0.05, 0) is 60.1 Å². The van der Waals surface area contributed by atoms with E-state index in [1.165, 1.54) is 0 Å². The molecule has 3 heterocycles. The van der Waals surface area contributed by atoms with Gasteiger partial charge in [0.05, 0.1) is 5.69 Å². The fraction of sp³-hybridized carbons (Fsp3) is 0.188. The summed E-state index contributed by atoms with van der Waals surface area (Å²) in [7, 11) is 1.91. The highest BCUT2D eigenvalue weighted by Gasteiger charge is 1.99. The molecule has 0 bridgehead atoms. The zero-order chi connectivity index (χ0) is 15.2. The Morgan fingerprint density at radius 1 is 0.905 bits per heavy atom. The Labute approximate surface area is 133 Å². The molecule has 0 amide bonds. The van der Waals surface area contributed by atoms with Crippen LogP contribution in [0.3, 0.4) is 0 Å². The second-order valence-corrected chi connectivity index (χ2v) is 5.60. The number of nitrogens with zero attached hydrogens (tertiary/aromatic N) is 4. The molecule has 0 aliphatic heterocycles. The molecule has 0 saturated heterocycles. The highest BCUT2D eigenvalue weighted by atomic mass is 79.9. The Morgan fingerprint density at radius 2 is 1.57 bits per heavy atom. The van der Waals surface area contributed by atoms with Crippen LogP contribution in [0.5, 0.6) is 0 Å². The first-order valence-corrected chi connectivity index (χ1v) is 7.35. The fourth-order valence-electron chi connectivity index (χ4n) is 1.64. The first-order chi connectivity index (χ1) is 10.0. The van der Waals surface area contributed by atoms with Crippen molar-refractivity contribution in [1.29, 1.82) is 0 Å². The Morgan fingerprint density at radius 3 is 2.00 bits per heavy atom. The Hall–Kier alpha value is -2.01. The summed E-state index contributed by atoms with van der Waals surface area (Å²) < 4.78 is 2.82. The first kappa shape index (κ1) is 15.4. The van der Waals surface area contributed by atoms with Gasteiger partial charge in [-0.3, -0.25) is 14.6 Å². The van der Waals surface area contributed by atoms with Gasteiger partial charge >= 0.3 is 0 Å². The molecular weight excluding hydrogens is 328 g/mol. The second-order valence-electron chi connectivity index (χ2n) is 4.68. The molecule has 108 valence electrons. The van der Waals surface area contributed by atoms with Crippen molar-refractivity contribution in [3.05, 3.63) is 64.8 Å². The molecule has 5 heteroatoms. The van der Waals surface area contributed by atoms with E-state index < -0.39 is 0 Å². The SMILES string of the molecule is Cc1ccc(-c2ccn(C)n2)cn1.Cc1ccc(Br)cn1. The molecule has 21 heavy (non-hydrogen) atoms. The van der Waals surface area contributed by atoms with Gasteiger partial charge in [0, 0.05) is 47.1 Å². The van der Waals surface area contributed by atoms with Crippen molar-refractivity contribution in [2.75, 3.05) is 0 Å². The number of rotatable bonds is 1. The predicted octanol–water partition coefficient (Wildman–Crippen LogP) is 3.94. The molecular formula is C16H17BrN4. The third-order valence-corrected chi connectivity index (χ3v) is 3.27. The van der Waals surface area contributed by atoms with Crippen molar-refractivity contribution in [2.45, 2.75) is 13.8 Å². The zero-order valence-corrected chi connectivity index (χ0v) is 13.9. The van der Waals surface area contributed by atoms with Crippen LogP contribution in [0.1, 0.15) is 11.4 Å². The molecule has 3 aromatic rings. The van der Waals surface area contributed by atoms with Crippen LogP contribution >= 0.6 is 15.9 Å². The average molecular weight is 345 g/mol. The summed E-state index contributed by atoms with van der Waals surface area (Å²) in [5.74, 6) is 0. The summed E-state index contributed by atoms with van der Waals surface area (Å²) >= 11 is 3.28. The summed E-state index contributed by atoms with van der Waals surface area (Å²) in [6, 6.07) is 9.94. The maximum atomic E-state index is 4.29. The molecule has 3 aromatic heterocycles. The molecule has 0 atom stereocenters. The van der Waals surface area contributed by atoms with Crippen molar-refractivity contribution in [3.63, 3.8) is 0 Å². The maximum Gasteiger partial charge on any atom is 0.0938 e. The van der Waals surface area contributed by atoms with Crippen LogP contribution in [0.4, 0.5) is 0 Å². The van der Waals surface area contributed by atoms with E-state index in [0.717, 1.165) is 27.1 Å². The summed E-state index contributed by atoms with van der Waals surface area (Å²) in [5, 5.41) is 4.29. The van der Waals surface area contributed by atoms with Gasteiger partial charge in [0.1, 0.15) is 0 Å². The van der Waals surface area contributed by atoms with Crippen LogP contribution in [0.15, 0.2) is 53.4 Å². The largest absolute Gasteiger partial charge is 0.275 e. The Balaban J connectivity index is 0.000000173. The van der Waals surface area contributed by atoms with Crippen LogP contribution in [0.25, 0.3) is 11.3 Å². The van der Waals surface area contributed by atoms with Gasteiger partial charge < -0.3 is 0 Å². The minimum absolute atomic E-state index is 0.968. The maximum absolute atomic E-state index is 4.29. The van der Waals surface area contributed by atoms with E-state index in [4.69, 9.17) is 0 Å². The molecule has 0 aliphatic carbocycles. The van der Waals surface area contributed by atoms with Crippen LogP contribution in [-0.2, 0) is 7.05 Å². The highest BCUT2D eigenvalue weighted by Crippen LogP contribution is 2.14. The van der Waals surface area contributed by atoms with Gasteiger partial charge in [0.15, 0.2) is 0 Å². The van der Waals surface area contributed by atoms with Crippen molar-refractivity contribution >= 4 is 15.9 Å². The van der Waals surface area contributed by atoms with Crippen LogP contribution in [0, 0.1) is 13.8 Å². The van der Waals surface area contributed by atoms with Gasteiger partial charge in [-0.1, -0.05) is 0 Å². The van der Waals surface area contributed by atoms with Crippen molar-refractivity contribution in [3.8, 4) is 11.3 Å². The lowest BCUT2D eigenvalue weighted by Crippen LogP contribution is -1.88. The number of hydrogen-bond donors (Lipinski definition) is 0. The minimum Gasteiger partial charge on any atom is -0.275 e. The van der Waals surface area contributed by atoms with Gasteiger partial charge in [0.2, 0.25) is 0 Å². The summed E-state index contributed by atoms with van der Waals surface area (Å²) in [4.78, 5) is 8.25. The monoisotopic (exact) mass is 344 g/mol. The molecule has 0 unspecified atom stereocenters. The predicted molar refractivity (Wildman–Crippen MR) is 87.9 cm³/mol. The molecule has 3 rings (SSSR count). The molecule has 0 radical (unpaired) electrons. The Bertz CT molecular complexity index is 666. The molecule has 0 fully saturated rings. The van der Waals surface area contributed by atoms with Crippen LogP contribution in [-0.4, -0.2) is 19.7 Å². The van der Waals surface area contributed by atoms with Crippen molar-refractivity contribution < 1.29 is 0 Å². The van der Waals surface area contributed by atoms with Gasteiger partial charge in [-0.25, -0.2) is 0 Å². The van der Waals surface area contributed by atoms with Crippen LogP contribution < -0.4 is 0 Å². The summed E-state index contributed by atoms with van der Waals surface area (Å²) in [6.07, 6.45) is 5.56. The third-order valence-electron chi connectivity index (χ3n) is 2.80. The van der Waals surface area contributed by atoms with Gasteiger partial charge in [-0.15, -0.1) is 0 Å². The van der Waals surface area contributed by atoms with Gasteiger partial charge in [0.25, 0.3) is 0 Å². The lowest BCUT2D eigenvalue weighted by atomic mass is 10.2. The van der Waals surface area contributed by atoms with E-state index in [0.29, 0.717) is 0 Å². The van der Waals surface area contributed by atoms with Gasteiger partial charge in [-0.2, -0.15) is 5.10 Å². The molecule has 0 aromatic carbocycles. The van der Waals surface area contributed by atoms with E-state index in [-0.39, 0.29) is 0 Å². The van der Waals surface area contributed by atoms with E-state index in [1.807, 2.05) is 63.6 Å². The second kappa shape index (κ2) is 7.13. The van der Waals surface area contributed by atoms with E-state index >= 15 is 0 Å². The standard InChI is InChI=1S/C10H11N3.C6H6BrN/c1-8-3-4-9(7-11-8)10-5-6-13(2)12-10;1-5-2-3-6(7)4-8-5/h3-7H,1-2H3;2-4H,1H3. The van der Waals surface area contributed by atoms with E-state index in [1.54, 1.807) is 10.9 Å². The van der Waals surface area contributed by atoms with Crippen molar-refractivity contribution in [1.82, 2.24) is 19.7 Å². The average Bonchev–Trinajstić information content (AvgIpc) is 2.90. The lowest BCUT2D eigenvalue weighted by Gasteiger charge is -1.95. The highest BCUT2D eigenvalue weighted by molar-refractivity contribution is 9.10. The molecule has 0 spiro atoms. The topological polar surface area (TPSA) is 43.6 Å². The first-order valence-electron chi connectivity index (χ1n) is 6.55. The lowest BCUT2D eigenvalue weighted by molar-refractivity contribution is 0.771. The minimum atomic E-state index is 0.968. The molecule has 0 saturated carbocycles.